The standard InChI is InChI=1S/C20H26N2O2/c1-5-19(23-7-3)21-17-13-9-12-16-15(17)11-10-14-18(16)22-20(6-2)24-8-4/h5-6,9-14,19-22H,1-2,7-8H2,3-4H3. The van der Waals surface area contributed by atoms with Crippen molar-refractivity contribution in [3.8, 4) is 0 Å². The number of hydrogen-bond acceptors (Lipinski definition) is 4. The molecule has 4 heteroatoms. The molecule has 0 fully saturated rings. The van der Waals surface area contributed by atoms with Crippen LogP contribution in [0.15, 0.2) is 61.7 Å². The molecule has 24 heavy (non-hydrogen) atoms. The predicted molar refractivity (Wildman–Crippen MR) is 102 cm³/mol. The van der Waals surface area contributed by atoms with E-state index in [9.17, 15) is 0 Å². The molecule has 2 aromatic rings. The van der Waals surface area contributed by atoms with E-state index in [1.165, 1.54) is 0 Å². The Morgan fingerprint density at radius 2 is 1.25 bits per heavy atom. The molecule has 2 atom stereocenters. The molecular weight excluding hydrogens is 300 g/mol. The Balaban J connectivity index is 2.34. The number of rotatable bonds is 10. The maximum Gasteiger partial charge on any atom is 0.146 e. The van der Waals surface area contributed by atoms with Gasteiger partial charge in [0.15, 0.2) is 0 Å². The summed E-state index contributed by atoms with van der Waals surface area (Å²) in [6, 6.07) is 12.3. The highest BCUT2D eigenvalue weighted by Gasteiger charge is 2.10. The van der Waals surface area contributed by atoms with Crippen LogP contribution < -0.4 is 10.6 Å². The lowest BCUT2D eigenvalue weighted by Gasteiger charge is -2.20. The van der Waals surface area contributed by atoms with Crippen molar-refractivity contribution in [2.45, 2.75) is 26.3 Å². The summed E-state index contributed by atoms with van der Waals surface area (Å²) in [5.74, 6) is 0. The van der Waals surface area contributed by atoms with Crippen molar-refractivity contribution in [3.63, 3.8) is 0 Å². The molecule has 0 heterocycles. The van der Waals surface area contributed by atoms with Crippen molar-refractivity contribution >= 4 is 22.1 Å². The summed E-state index contributed by atoms with van der Waals surface area (Å²) in [6.45, 7) is 12.8. The van der Waals surface area contributed by atoms with Gasteiger partial charge < -0.3 is 20.1 Å². The first kappa shape index (κ1) is 18.0. The minimum absolute atomic E-state index is 0.221. The van der Waals surface area contributed by atoms with Crippen LogP contribution in [0, 0.1) is 0 Å². The lowest BCUT2D eigenvalue weighted by molar-refractivity contribution is 0.115. The molecule has 0 amide bonds. The second kappa shape index (κ2) is 9.11. The quantitative estimate of drug-likeness (QED) is 0.488. The molecule has 2 N–H and O–H groups in total. The van der Waals surface area contributed by atoms with E-state index in [0.29, 0.717) is 13.2 Å². The average Bonchev–Trinajstić information content (AvgIpc) is 2.61. The fraction of sp³-hybridized carbons (Fsp3) is 0.300. The minimum Gasteiger partial charge on any atom is -0.356 e. The number of fused-ring (bicyclic) bond motifs is 1. The molecule has 0 radical (unpaired) electrons. The highest BCUT2D eigenvalue weighted by Crippen LogP contribution is 2.30. The molecule has 4 nitrogen and oxygen atoms in total. The molecule has 0 bridgehead atoms. The zero-order valence-corrected chi connectivity index (χ0v) is 14.4. The summed E-state index contributed by atoms with van der Waals surface area (Å²) >= 11 is 0. The van der Waals surface area contributed by atoms with Crippen LogP contribution in [0.4, 0.5) is 11.4 Å². The lowest BCUT2D eigenvalue weighted by Crippen LogP contribution is -2.21. The van der Waals surface area contributed by atoms with E-state index in [0.717, 1.165) is 22.1 Å². The van der Waals surface area contributed by atoms with Crippen molar-refractivity contribution in [2.24, 2.45) is 0 Å². The third kappa shape index (κ3) is 4.37. The van der Waals surface area contributed by atoms with Crippen molar-refractivity contribution < 1.29 is 9.47 Å². The second-order valence-electron chi connectivity index (χ2n) is 5.22. The number of anilines is 2. The van der Waals surface area contributed by atoms with Gasteiger partial charge >= 0.3 is 0 Å². The normalized spacial score (nSPS) is 13.2. The number of nitrogens with one attached hydrogen (secondary N) is 2. The first-order valence-electron chi connectivity index (χ1n) is 8.26. The minimum atomic E-state index is -0.221. The van der Waals surface area contributed by atoms with Crippen molar-refractivity contribution in [2.75, 3.05) is 23.8 Å². The molecule has 2 unspecified atom stereocenters. The third-order valence-corrected chi connectivity index (χ3v) is 3.64. The van der Waals surface area contributed by atoms with Crippen LogP contribution >= 0.6 is 0 Å². The van der Waals surface area contributed by atoms with Gasteiger partial charge in [-0.05, 0) is 38.1 Å². The van der Waals surface area contributed by atoms with E-state index < -0.39 is 0 Å². The summed E-state index contributed by atoms with van der Waals surface area (Å²) in [6.07, 6.45) is 3.07. The molecule has 2 aromatic carbocycles. The van der Waals surface area contributed by atoms with Gasteiger partial charge in [0.2, 0.25) is 0 Å². The fourth-order valence-corrected chi connectivity index (χ4v) is 2.56. The highest BCUT2D eigenvalue weighted by molar-refractivity contribution is 6.01. The van der Waals surface area contributed by atoms with Gasteiger partial charge in [-0.15, -0.1) is 0 Å². The van der Waals surface area contributed by atoms with Crippen molar-refractivity contribution in [1.29, 1.82) is 0 Å². The fourth-order valence-electron chi connectivity index (χ4n) is 2.56. The van der Waals surface area contributed by atoms with Crippen LogP contribution in [-0.4, -0.2) is 25.7 Å². The molecule has 0 spiro atoms. The van der Waals surface area contributed by atoms with Crippen LogP contribution in [0.25, 0.3) is 10.8 Å². The summed E-state index contributed by atoms with van der Waals surface area (Å²) in [5.41, 5.74) is 2.00. The van der Waals surface area contributed by atoms with Gasteiger partial charge in [-0.3, -0.25) is 0 Å². The summed E-state index contributed by atoms with van der Waals surface area (Å²) in [4.78, 5) is 0. The smallest absolute Gasteiger partial charge is 0.146 e. The Morgan fingerprint density at radius 3 is 1.58 bits per heavy atom. The molecule has 0 aromatic heterocycles. The Morgan fingerprint density at radius 1 is 0.833 bits per heavy atom. The summed E-state index contributed by atoms with van der Waals surface area (Å²) < 4.78 is 11.2. The Hall–Kier alpha value is -2.30. The number of benzene rings is 2. The zero-order chi connectivity index (χ0) is 17.4. The first-order chi connectivity index (χ1) is 11.7. The van der Waals surface area contributed by atoms with Gasteiger partial charge in [0, 0.05) is 35.4 Å². The largest absolute Gasteiger partial charge is 0.356 e. The SMILES string of the molecule is C=CC(Nc1cccc2c(NC(C=C)OCC)cccc12)OCC. The van der Waals surface area contributed by atoms with Gasteiger partial charge in [0.05, 0.1) is 0 Å². The zero-order valence-electron chi connectivity index (χ0n) is 14.4. The van der Waals surface area contributed by atoms with Gasteiger partial charge in [-0.1, -0.05) is 37.4 Å². The lowest BCUT2D eigenvalue weighted by atomic mass is 10.1. The van der Waals surface area contributed by atoms with Crippen molar-refractivity contribution in [1.82, 2.24) is 0 Å². The molecule has 0 aliphatic heterocycles. The number of ether oxygens (including phenoxy) is 2. The first-order valence-corrected chi connectivity index (χ1v) is 8.26. The van der Waals surface area contributed by atoms with E-state index in [-0.39, 0.29) is 12.5 Å². The van der Waals surface area contributed by atoms with Gasteiger partial charge in [0.25, 0.3) is 0 Å². The monoisotopic (exact) mass is 326 g/mol. The highest BCUT2D eigenvalue weighted by atomic mass is 16.5. The molecule has 0 aliphatic carbocycles. The molecule has 128 valence electrons. The Labute approximate surface area is 144 Å². The third-order valence-electron chi connectivity index (χ3n) is 3.64. The average molecular weight is 326 g/mol. The second-order valence-corrected chi connectivity index (χ2v) is 5.22. The molecule has 0 saturated heterocycles. The number of hydrogen-bond donors (Lipinski definition) is 2. The molecule has 2 rings (SSSR count). The van der Waals surface area contributed by atoms with Gasteiger partial charge in [-0.25, -0.2) is 0 Å². The summed E-state index contributed by atoms with van der Waals surface area (Å²) in [5, 5.41) is 8.96. The van der Waals surface area contributed by atoms with E-state index in [1.807, 2.05) is 38.1 Å². The maximum atomic E-state index is 5.61. The van der Waals surface area contributed by atoms with Crippen molar-refractivity contribution in [3.05, 3.63) is 61.7 Å². The Kier molecular flexibility index (Phi) is 6.85. The molecular formula is C20H26N2O2. The van der Waals surface area contributed by atoms with E-state index >= 15 is 0 Å². The molecule has 0 saturated carbocycles. The summed E-state index contributed by atoms with van der Waals surface area (Å²) in [7, 11) is 0. The predicted octanol–water partition coefficient (Wildman–Crippen LogP) is 4.76. The Bertz CT molecular complexity index is 625. The topological polar surface area (TPSA) is 42.5 Å². The van der Waals surface area contributed by atoms with Crippen LogP contribution in [0.5, 0.6) is 0 Å². The van der Waals surface area contributed by atoms with Crippen LogP contribution in [0.2, 0.25) is 0 Å². The van der Waals surface area contributed by atoms with Crippen LogP contribution in [-0.2, 0) is 9.47 Å². The van der Waals surface area contributed by atoms with Crippen LogP contribution in [0.3, 0.4) is 0 Å². The maximum absolute atomic E-state index is 5.61. The van der Waals surface area contributed by atoms with Gasteiger partial charge in [-0.2, -0.15) is 0 Å². The molecule has 0 aliphatic rings. The van der Waals surface area contributed by atoms with E-state index in [2.05, 4.69) is 35.9 Å². The van der Waals surface area contributed by atoms with Crippen LogP contribution in [0.1, 0.15) is 13.8 Å². The van der Waals surface area contributed by atoms with E-state index in [4.69, 9.17) is 9.47 Å². The van der Waals surface area contributed by atoms with Gasteiger partial charge in [0.1, 0.15) is 12.5 Å². The van der Waals surface area contributed by atoms with E-state index in [1.54, 1.807) is 12.2 Å².